The van der Waals surface area contributed by atoms with Crippen molar-refractivity contribution < 1.29 is 27.8 Å². The number of carbonyl (C=O) groups excluding carboxylic acids is 2. The Kier molecular flexibility index (Phi) is 8.74. The fourth-order valence-corrected chi connectivity index (χ4v) is 4.93. The van der Waals surface area contributed by atoms with Crippen molar-refractivity contribution >= 4 is 23.5 Å². The summed E-state index contributed by atoms with van der Waals surface area (Å²) in [6, 6.07) is 27.7. The number of aromatic amines is 1. The van der Waals surface area contributed by atoms with E-state index in [1.54, 1.807) is 12.1 Å². The van der Waals surface area contributed by atoms with Gasteiger partial charge >= 0.3 is 11.9 Å². The second-order valence-corrected chi connectivity index (χ2v) is 9.96. The molecule has 4 aromatic carbocycles. The molecule has 0 fully saturated rings. The lowest BCUT2D eigenvalue weighted by Crippen LogP contribution is -2.27. The topological polar surface area (TPSA) is 81.3 Å². The number of imidazole rings is 1. The Hall–Kier alpha value is -4.82. The summed E-state index contributed by atoms with van der Waals surface area (Å²) in [6.07, 6.45) is 0.269. The van der Waals surface area contributed by atoms with E-state index in [2.05, 4.69) is 9.97 Å². The van der Waals surface area contributed by atoms with Crippen LogP contribution in [0.2, 0.25) is 5.02 Å². The van der Waals surface area contributed by atoms with E-state index in [-0.39, 0.29) is 34.9 Å². The van der Waals surface area contributed by atoms with Crippen molar-refractivity contribution in [2.24, 2.45) is 5.92 Å². The molecule has 5 rings (SSSR count). The lowest BCUT2D eigenvalue weighted by Gasteiger charge is -2.25. The second kappa shape index (κ2) is 12.8. The van der Waals surface area contributed by atoms with Crippen LogP contribution in [0.5, 0.6) is 5.88 Å². The van der Waals surface area contributed by atoms with E-state index in [1.165, 1.54) is 25.3 Å². The van der Waals surface area contributed by atoms with Crippen molar-refractivity contribution in [3.8, 4) is 17.3 Å². The lowest BCUT2D eigenvalue weighted by molar-refractivity contribution is -0.145. The molecule has 6 nitrogen and oxygen atoms in total. The van der Waals surface area contributed by atoms with Gasteiger partial charge in [0, 0.05) is 17.0 Å². The number of carbonyl (C=O) groups is 2. The van der Waals surface area contributed by atoms with Crippen molar-refractivity contribution in [1.82, 2.24) is 9.97 Å². The number of hydrogen-bond donors (Lipinski definition) is 1. The number of aromatic nitrogens is 2. The van der Waals surface area contributed by atoms with Gasteiger partial charge in [-0.15, -0.1) is 0 Å². The van der Waals surface area contributed by atoms with Crippen LogP contribution >= 0.6 is 11.6 Å². The van der Waals surface area contributed by atoms with E-state index >= 15 is 0 Å². The number of esters is 2. The first-order chi connectivity index (χ1) is 20.3. The summed E-state index contributed by atoms with van der Waals surface area (Å²) in [5.41, 5.74) is 1.89. The minimum atomic E-state index is -0.865. The first-order valence-corrected chi connectivity index (χ1v) is 13.4. The van der Waals surface area contributed by atoms with Gasteiger partial charge in [-0.2, -0.15) is 0 Å². The van der Waals surface area contributed by atoms with Crippen LogP contribution in [-0.2, 0) is 16.0 Å². The largest absolute Gasteiger partial charge is 0.469 e. The highest BCUT2D eigenvalue weighted by atomic mass is 35.5. The summed E-state index contributed by atoms with van der Waals surface area (Å²) in [6.45, 7) is 0. The molecule has 0 saturated heterocycles. The van der Waals surface area contributed by atoms with Gasteiger partial charge in [-0.3, -0.25) is 4.79 Å². The first kappa shape index (κ1) is 28.7. The van der Waals surface area contributed by atoms with Crippen LogP contribution in [0.15, 0.2) is 103 Å². The highest BCUT2D eigenvalue weighted by molar-refractivity contribution is 6.30. The van der Waals surface area contributed by atoms with Crippen molar-refractivity contribution in [1.29, 1.82) is 0 Å². The van der Waals surface area contributed by atoms with Gasteiger partial charge < -0.3 is 14.5 Å². The van der Waals surface area contributed by atoms with Gasteiger partial charge in [0.2, 0.25) is 5.88 Å². The summed E-state index contributed by atoms with van der Waals surface area (Å²) in [5, 5.41) is 0.439. The molecule has 0 aliphatic rings. The van der Waals surface area contributed by atoms with Crippen LogP contribution in [0.3, 0.4) is 0 Å². The molecule has 0 spiro atoms. The molecule has 2 atom stereocenters. The molecule has 0 radical (unpaired) electrons. The van der Waals surface area contributed by atoms with Gasteiger partial charge in [-0.25, -0.2) is 18.6 Å². The molecule has 212 valence electrons. The van der Waals surface area contributed by atoms with Gasteiger partial charge in [0.25, 0.3) is 0 Å². The number of benzene rings is 4. The number of hydrogen-bond acceptors (Lipinski definition) is 5. The smallest absolute Gasteiger partial charge is 0.344 e. The molecule has 42 heavy (non-hydrogen) atoms. The first-order valence-electron chi connectivity index (χ1n) is 13.0. The number of nitrogens with one attached hydrogen (secondary N) is 1. The second-order valence-electron chi connectivity index (χ2n) is 9.53. The quantitative estimate of drug-likeness (QED) is 0.182. The third-order valence-electron chi connectivity index (χ3n) is 6.82. The fourth-order valence-electron chi connectivity index (χ4n) is 4.80. The molecule has 5 aromatic rings. The predicted molar refractivity (Wildman–Crippen MR) is 154 cm³/mol. The number of halogens is 3. The van der Waals surface area contributed by atoms with Gasteiger partial charge in [-0.05, 0) is 53.9 Å². The Balaban J connectivity index is 1.68. The average Bonchev–Trinajstić information content (AvgIpc) is 3.40. The normalized spacial score (nSPS) is 12.4. The maximum atomic E-state index is 14.9. The maximum absolute atomic E-state index is 14.9. The third-order valence-corrected chi connectivity index (χ3v) is 7.07. The van der Waals surface area contributed by atoms with E-state index in [9.17, 15) is 18.4 Å². The molecule has 0 aliphatic carbocycles. The molecule has 9 heteroatoms. The molecule has 0 unspecified atom stereocenters. The molecule has 0 aliphatic heterocycles. The van der Waals surface area contributed by atoms with Gasteiger partial charge in [0.1, 0.15) is 23.2 Å². The SMILES string of the molecule is COC(=O)[C@@H](Cc1ccccc1)[C@@H](c1ccccc1)c1nc(-c2ccc(F)cc2F)[nH]c1OC(=O)c1ccc(Cl)cc1. The highest BCUT2D eigenvalue weighted by Crippen LogP contribution is 2.40. The van der Waals surface area contributed by atoms with Crippen molar-refractivity contribution in [3.63, 3.8) is 0 Å². The Morgan fingerprint density at radius 2 is 1.57 bits per heavy atom. The van der Waals surface area contributed by atoms with E-state index in [0.29, 0.717) is 10.6 Å². The van der Waals surface area contributed by atoms with Crippen LogP contribution in [-0.4, -0.2) is 29.0 Å². The number of methoxy groups -OCH3 is 1. The fraction of sp³-hybridized carbons (Fsp3) is 0.121. The number of ether oxygens (including phenoxy) is 2. The van der Waals surface area contributed by atoms with Crippen LogP contribution in [0.1, 0.15) is 33.1 Å². The monoisotopic (exact) mass is 586 g/mol. The average molecular weight is 587 g/mol. The minimum absolute atomic E-state index is 0.00864. The zero-order chi connectivity index (χ0) is 29.6. The van der Waals surface area contributed by atoms with Crippen LogP contribution in [0, 0.1) is 17.6 Å². The van der Waals surface area contributed by atoms with Gasteiger partial charge in [0.15, 0.2) is 0 Å². The molecular weight excluding hydrogens is 562 g/mol. The molecule has 1 heterocycles. The Morgan fingerprint density at radius 3 is 2.21 bits per heavy atom. The molecule has 1 aromatic heterocycles. The zero-order valence-corrected chi connectivity index (χ0v) is 23.1. The maximum Gasteiger partial charge on any atom is 0.344 e. The van der Waals surface area contributed by atoms with Crippen LogP contribution in [0.4, 0.5) is 8.78 Å². The van der Waals surface area contributed by atoms with Crippen LogP contribution < -0.4 is 4.74 Å². The summed E-state index contributed by atoms with van der Waals surface area (Å²) in [4.78, 5) is 34.2. The molecule has 0 bridgehead atoms. The highest BCUT2D eigenvalue weighted by Gasteiger charge is 2.37. The van der Waals surface area contributed by atoms with Crippen molar-refractivity contribution in [2.45, 2.75) is 12.3 Å². The molecule has 0 amide bonds. The summed E-state index contributed by atoms with van der Waals surface area (Å²) < 4.78 is 39.7. The number of nitrogens with zero attached hydrogens (tertiary/aromatic N) is 1. The summed E-state index contributed by atoms with van der Waals surface area (Å²) in [7, 11) is 1.30. The van der Waals surface area contributed by atoms with Crippen LogP contribution in [0.25, 0.3) is 11.4 Å². The van der Waals surface area contributed by atoms with E-state index in [0.717, 1.165) is 17.7 Å². The lowest BCUT2D eigenvalue weighted by atomic mass is 9.80. The van der Waals surface area contributed by atoms with E-state index in [4.69, 9.17) is 21.1 Å². The van der Waals surface area contributed by atoms with Gasteiger partial charge in [-0.1, -0.05) is 72.3 Å². The standard InChI is InChI=1S/C33H25ClF2N2O4/c1-41-33(40)26(18-20-8-4-2-5-9-20)28(21-10-6-3-7-11-21)29-31(42-32(39)22-12-14-23(34)15-13-22)38-30(37-29)25-17-16-24(35)19-27(25)36/h2-17,19,26,28H,18H2,1H3,(H,37,38)/t26-,28+/m0/s1. The number of H-pyrrole nitrogens is 1. The predicted octanol–water partition coefficient (Wildman–Crippen LogP) is 7.39. The number of rotatable bonds is 9. The molecular formula is C33H25ClF2N2O4. The Labute approximate surface area is 245 Å². The van der Waals surface area contributed by atoms with Gasteiger partial charge in [0.05, 0.1) is 24.2 Å². The van der Waals surface area contributed by atoms with E-state index in [1.807, 2.05) is 60.7 Å². The molecule has 1 N–H and O–H groups in total. The summed E-state index contributed by atoms with van der Waals surface area (Å²) >= 11 is 5.98. The van der Waals surface area contributed by atoms with Crippen molar-refractivity contribution in [2.75, 3.05) is 7.11 Å². The zero-order valence-electron chi connectivity index (χ0n) is 22.4. The minimum Gasteiger partial charge on any atom is -0.469 e. The van der Waals surface area contributed by atoms with Crippen molar-refractivity contribution in [3.05, 3.63) is 142 Å². The molecule has 0 saturated carbocycles. The third kappa shape index (κ3) is 6.39. The summed E-state index contributed by atoms with van der Waals surface area (Å²) in [5.74, 6) is -4.57. The Morgan fingerprint density at radius 1 is 0.905 bits per heavy atom. The Bertz CT molecular complexity index is 1690. The van der Waals surface area contributed by atoms with E-state index < -0.39 is 35.4 Å².